The van der Waals surface area contributed by atoms with E-state index in [1.54, 1.807) is 38.1 Å². The van der Waals surface area contributed by atoms with E-state index in [2.05, 4.69) is 4.98 Å². The van der Waals surface area contributed by atoms with Crippen molar-refractivity contribution in [3.05, 3.63) is 41.2 Å². The zero-order valence-corrected chi connectivity index (χ0v) is 11.1. The number of carbonyl (C=O) groups is 1. The summed E-state index contributed by atoms with van der Waals surface area (Å²) in [5, 5.41) is 18.2. The van der Waals surface area contributed by atoms with Gasteiger partial charge in [0.25, 0.3) is 0 Å². The van der Waals surface area contributed by atoms with Crippen LogP contribution in [0.1, 0.15) is 28.7 Å². The maximum Gasteiger partial charge on any atom is 0.357 e. The summed E-state index contributed by atoms with van der Waals surface area (Å²) in [6.07, 6.45) is 0. The molecule has 0 saturated heterocycles. The van der Waals surface area contributed by atoms with Crippen LogP contribution in [0.3, 0.4) is 0 Å². The van der Waals surface area contributed by atoms with Crippen LogP contribution in [0.15, 0.2) is 24.3 Å². The summed E-state index contributed by atoms with van der Waals surface area (Å²) in [4.78, 5) is 20.9. The molecule has 0 radical (unpaired) electrons. The summed E-state index contributed by atoms with van der Waals surface area (Å²) in [6.45, 7) is 3.67. The second-order valence-corrected chi connectivity index (χ2v) is 4.08. The highest BCUT2D eigenvalue weighted by Gasteiger charge is 2.22. The molecule has 0 atom stereocenters. The first-order valence-corrected chi connectivity index (χ1v) is 6.05. The van der Waals surface area contributed by atoms with Crippen LogP contribution < -0.4 is 4.84 Å². The van der Waals surface area contributed by atoms with E-state index in [1.807, 2.05) is 6.07 Å². The second kappa shape index (κ2) is 5.45. The van der Waals surface area contributed by atoms with Crippen LogP contribution >= 0.6 is 0 Å². The molecule has 0 bridgehead atoms. The summed E-state index contributed by atoms with van der Waals surface area (Å²) in [6, 6.07) is 8.82. The Bertz CT molecular complexity index is 698. The van der Waals surface area contributed by atoms with E-state index in [9.17, 15) is 9.90 Å². The molecule has 6 heteroatoms. The molecule has 20 heavy (non-hydrogen) atoms. The molecule has 102 valence electrons. The molecule has 0 unspecified atom stereocenters. The third kappa shape index (κ3) is 2.34. The Morgan fingerprint density at radius 2 is 2.30 bits per heavy atom. The zero-order chi connectivity index (χ0) is 14.7. The molecule has 0 fully saturated rings. The van der Waals surface area contributed by atoms with Gasteiger partial charge in [-0.1, -0.05) is 12.1 Å². The average molecular weight is 271 g/mol. The molecule has 6 nitrogen and oxygen atoms in total. The van der Waals surface area contributed by atoms with Crippen LogP contribution in [-0.4, -0.2) is 27.4 Å². The number of imidazole rings is 1. The van der Waals surface area contributed by atoms with E-state index in [-0.39, 0.29) is 5.69 Å². The SMILES string of the molecule is CCOn1c(-c2cccc(C#N)c2)nc(C)c1C(=O)O. The molecule has 1 aromatic heterocycles. The number of rotatable bonds is 4. The van der Waals surface area contributed by atoms with Crippen LogP contribution in [0.2, 0.25) is 0 Å². The van der Waals surface area contributed by atoms with Gasteiger partial charge in [-0.2, -0.15) is 9.99 Å². The summed E-state index contributed by atoms with van der Waals surface area (Å²) in [5.74, 6) is -0.731. The van der Waals surface area contributed by atoms with E-state index in [1.165, 1.54) is 4.73 Å². The molecule has 2 aromatic rings. The summed E-state index contributed by atoms with van der Waals surface area (Å²) in [7, 11) is 0. The van der Waals surface area contributed by atoms with Gasteiger partial charge in [-0.05, 0) is 26.0 Å². The fourth-order valence-electron chi connectivity index (χ4n) is 1.92. The van der Waals surface area contributed by atoms with Gasteiger partial charge in [0, 0.05) is 5.56 Å². The van der Waals surface area contributed by atoms with Crippen molar-refractivity contribution in [2.75, 3.05) is 6.61 Å². The first-order valence-electron chi connectivity index (χ1n) is 6.05. The van der Waals surface area contributed by atoms with Crippen molar-refractivity contribution in [1.29, 1.82) is 5.26 Å². The predicted molar refractivity (Wildman–Crippen MR) is 71.2 cm³/mol. The van der Waals surface area contributed by atoms with Gasteiger partial charge in [0.15, 0.2) is 11.5 Å². The highest BCUT2D eigenvalue weighted by Crippen LogP contribution is 2.22. The van der Waals surface area contributed by atoms with Crippen LogP contribution in [0.4, 0.5) is 0 Å². The van der Waals surface area contributed by atoms with Crippen molar-refractivity contribution in [3.63, 3.8) is 0 Å². The van der Waals surface area contributed by atoms with E-state index < -0.39 is 5.97 Å². The Balaban J connectivity index is 2.64. The quantitative estimate of drug-likeness (QED) is 0.917. The molecule has 0 amide bonds. The molecule has 0 aliphatic carbocycles. The van der Waals surface area contributed by atoms with E-state index >= 15 is 0 Å². The number of carboxylic acids is 1. The molecule has 0 aliphatic rings. The number of carboxylic acid groups (broad SMARTS) is 1. The lowest BCUT2D eigenvalue weighted by Crippen LogP contribution is -2.18. The highest BCUT2D eigenvalue weighted by atomic mass is 16.7. The Hall–Kier alpha value is -2.81. The van der Waals surface area contributed by atoms with E-state index in [0.29, 0.717) is 29.3 Å². The standard InChI is InChI=1S/C14H13N3O3/c1-3-20-17-12(14(18)19)9(2)16-13(17)11-6-4-5-10(7-11)8-15/h4-7H,3H2,1-2H3,(H,18,19). The average Bonchev–Trinajstić information content (AvgIpc) is 2.76. The molecule has 1 aromatic carbocycles. The number of aromatic nitrogens is 2. The molecular formula is C14H13N3O3. The molecule has 2 rings (SSSR count). The van der Waals surface area contributed by atoms with Crippen molar-refractivity contribution in [1.82, 2.24) is 9.71 Å². The number of nitriles is 1. The molecule has 1 heterocycles. The minimum absolute atomic E-state index is 0.00999. The van der Waals surface area contributed by atoms with Crippen LogP contribution in [0.5, 0.6) is 0 Å². The van der Waals surface area contributed by atoms with Crippen LogP contribution in [0, 0.1) is 18.3 Å². The van der Waals surface area contributed by atoms with Crippen molar-refractivity contribution in [2.24, 2.45) is 0 Å². The maximum absolute atomic E-state index is 11.3. The Labute approximate surface area is 115 Å². The lowest BCUT2D eigenvalue weighted by Gasteiger charge is -2.10. The minimum atomic E-state index is -1.11. The van der Waals surface area contributed by atoms with E-state index in [4.69, 9.17) is 10.1 Å². The molecule has 0 aliphatic heterocycles. The van der Waals surface area contributed by atoms with Gasteiger partial charge in [0.1, 0.15) is 6.61 Å². The van der Waals surface area contributed by atoms with Crippen molar-refractivity contribution in [2.45, 2.75) is 13.8 Å². The van der Waals surface area contributed by atoms with Gasteiger partial charge in [-0.15, -0.1) is 0 Å². The van der Waals surface area contributed by atoms with Crippen LogP contribution in [-0.2, 0) is 0 Å². The minimum Gasteiger partial charge on any atom is -0.476 e. The first kappa shape index (κ1) is 13.6. The molecule has 1 N–H and O–H groups in total. The number of aryl methyl sites for hydroxylation is 1. The smallest absolute Gasteiger partial charge is 0.357 e. The Morgan fingerprint density at radius 3 is 2.90 bits per heavy atom. The monoisotopic (exact) mass is 271 g/mol. The lowest BCUT2D eigenvalue weighted by molar-refractivity contribution is 0.0611. The van der Waals surface area contributed by atoms with Gasteiger partial charge in [0.05, 0.1) is 17.3 Å². The number of nitrogens with zero attached hydrogens (tertiary/aromatic N) is 3. The number of hydrogen-bond acceptors (Lipinski definition) is 4. The third-order valence-electron chi connectivity index (χ3n) is 2.72. The third-order valence-corrected chi connectivity index (χ3v) is 2.72. The fourth-order valence-corrected chi connectivity index (χ4v) is 1.92. The first-order chi connectivity index (χ1) is 9.58. The van der Waals surface area contributed by atoms with Crippen molar-refractivity contribution in [3.8, 4) is 17.5 Å². The summed E-state index contributed by atoms with van der Waals surface area (Å²) < 4.78 is 1.20. The van der Waals surface area contributed by atoms with Crippen molar-refractivity contribution < 1.29 is 14.7 Å². The van der Waals surface area contributed by atoms with Crippen LogP contribution in [0.25, 0.3) is 11.4 Å². The topological polar surface area (TPSA) is 88.1 Å². The number of benzene rings is 1. The fraction of sp³-hybridized carbons (Fsp3) is 0.214. The van der Waals surface area contributed by atoms with Gasteiger partial charge < -0.3 is 9.94 Å². The number of aromatic carboxylic acids is 1. The summed E-state index contributed by atoms with van der Waals surface area (Å²) in [5.41, 5.74) is 1.46. The van der Waals surface area contributed by atoms with Gasteiger partial charge in [-0.3, -0.25) is 0 Å². The van der Waals surface area contributed by atoms with Crippen molar-refractivity contribution >= 4 is 5.97 Å². The Morgan fingerprint density at radius 1 is 1.55 bits per heavy atom. The van der Waals surface area contributed by atoms with E-state index in [0.717, 1.165) is 0 Å². The summed E-state index contributed by atoms with van der Waals surface area (Å²) >= 11 is 0. The van der Waals surface area contributed by atoms with Gasteiger partial charge in [-0.25, -0.2) is 9.78 Å². The highest BCUT2D eigenvalue weighted by molar-refractivity contribution is 5.88. The number of hydrogen-bond donors (Lipinski definition) is 1. The zero-order valence-electron chi connectivity index (χ0n) is 11.1. The predicted octanol–water partition coefficient (Wildman–Crippen LogP) is 1.88. The second-order valence-electron chi connectivity index (χ2n) is 4.08. The largest absolute Gasteiger partial charge is 0.476 e. The normalized spacial score (nSPS) is 10.1. The van der Waals surface area contributed by atoms with Gasteiger partial charge in [0.2, 0.25) is 0 Å². The molecule has 0 saturated carbocycles. The maximum atomic E-state index is 11.3. The molecule has 0 spiro atoms. The lowest BCUT2D eigenvalue weighted by atomic mass is 10.1. The van der Waals surface area contributed by atoms with Gasteiger partial charge >= 0.3 is 5.97 Å². The Kier molecular flexibility index (Phi) is 3.71. The molecular weight excluding hydrogens is 258 g/mol.